The monoisotopic (exact) mass is 403 g/mol. The molecule has 2 aliphatic heterocycles. The number of ether oxygens (including phenoxy) is 1. The number of pyridine rings is 2. The van der Waals surface area contributed by atoms with E-state index in [1.54, 1.807) is 0 Å². The van der Waals surface area contributed by atoms with E-state index in [1.165, 1.54) is 25.8 Å². The highest BCUT2D eigenvalue weighted by Crippen LogP contribution is 2.35. The van der Waals surface area contributed by atoms with Gasteiger partial charge in [-0.2, -0.15) is 5.10 Å². The predicted octanol–water partition coefficient (Wildman–Crippen LogP) is 3.00. The summed E-state index contributed by atoms with van der Waals surface area (Å²) in [6.07, 6.45) is 9.40. The highest BCUT2D eigenvalue weighted by atomic mass is 16.5. The second-order valence-corrected chi connectivity index (χ2v) is 8.30. The number of aromatic amines is 1. The van der Waals surface area contributed by atoms with Gasteiger partial charge in [0.25, 0.3) is 0 Å². The van der Waals surface area contributed by atoms with Crippen molar-refractivity contribution in [3.05, 3.63) is 36.8 Å². The molecule has 0 saturated carbocycles. The van der Waals surface area contributed by atoms with Gasteiger partial charge in [-0.25, -0.2) is 9.50 Å². The number of nitrogens with one attached hydrogen (secondary N) is 2. The number of nitrogens with zero attached hydrogens (tertiary/aromatic N) is 5. The molecule has 0 aliphatic carbocycles. The van der Waals surface area contributed by atoms with Crippen LogP contribution in [-0.2, 0) is 0 Å². The maximum Gasteiger partial charge on any atom is 0.178 e. The zero-order valence-corrected chi connectivity index (χ0v) is 17.1. The first-order valence-corrected chi connectivity index (χ1v) is 10.7. The van der Waals surface area contributed by atoms with Gasteiger partial charge in [0, 0.05) is 36.0 Å². The quantitative estimate of drug-likeness (QED) is 0.545. The molecule has 2 N–H and O–H groups in total. The third-order valence-electron chi connectivity index (χ3n) is 6.62. The third kappa shape index (κ3) is 2.74. The van der Waals surface area contributed by atoms with Crippen LogP contribution in [-0.4, -0.2) is 56.6 Å². The van der Waals surface area contributed by atoms with Crippen LogP contribution in [0, 0.1) is 0 Å². The lowest BCUT2D eigenvalue weighted by molar-refractivity contribution is 0.163. The van der Waals surface area contributed by atoms with Crippen molar-refractivity contribution in [2.24, 2.45) is 0 Å². The second kappa shape index (κ2) is 6.70. The van der Waals surface area contributed by atoms with Crippen molar-refractivity contribution in [1.82, 2.24) is 30.1 Å². The second-order valence-electron chi connectivity index (χ2n) is 8.30. The Bertz CT molecular complexity index is 1200. The first-order valence-electron chi connectivity index (χ1n) is 10.7. The topological polar surface area (TPSA) is 83.4 Å². The van der Waals surface area contributed by atoms with Crippen LogP contribution >= 0.6 is 0 Å². The molecule has 2 fully saturated rings. The number of H-pyrrole nitrogens is 1. The first-order chi connectivity index (χ1) is 14.7. The van der Waals surface area contributed by atoms with Gasteiger partial charge in [0.15, 0.2) is 5.65 Å². The summed E-state index contributed by atoms with van der Waals surface area (Å²) >= 11 is 0. The molecule has 2 aliphatic rings. The Morgan fingerprint density at radius 1 is 1.17 bits per heavy atom. The number of rotatable bonds is 4. The van der Waals surface area contributed by atoms with Crippen LogP contribution in [0.1, 0.15) is 26.2 Å². The van der Waals surface area contributed by atoms with Crippen LogP contribution in [0.15, 0.2) is 36.8 Å². The average molecular weight is 403 g/mol. The van der Waals surface area contributed by atoms with Crippen LogP contribution in [0.4, 0.5) is 5.82 Å². The Balaban J connectivity index is 1.35. The average Bonchev–Trinajstić information content (AvgIpc) is 3.34. The van der Waals surface area contributed by atoms with E-state index in [9.17, 15) is 0 Å². The molecule has 4 aromatic rings. The van der Waals surface area contributed by atoms with Gasteiger partial charge in [-0.05, 0) is 50.9 Å². The van der Waals surface area contributed by atoms with Crippen LogP contribution < -0.4 is 15.0 Å². The lowest BCUT2D eigenvalue weighted by Crippen LogP contribution is -2.62. The van der Waals surface area contributed by atoms with Crippen LogP contribution in [0.25, 0.3) is 27.7 Å². The van der Waals surface area contributed by atoms with E-state index >= 15 is 0 Å². The van der Waals surface area contributed by atoms with E-state index in [-0.39, 0.29) is 0 Å². The van der Waals surface area contributed by atoms with Gasteiger partial charge in [-0.15, -0.1) is 5.10 Å². The summed E-state index contributed by atoms with van der Waals surface area (Å²) < 4.78 is 7.65. The van der Waals surface area contributed by atoms with Crippen LogP contribution in [0.3, 0.4) is 0 Å². The summed E-state index contributed by atoms with van der Waals surface area (Å²) in [5.41, 5.74) is 4.26. The Morgan fingerprint density at radius 3 is 2.73 bits per heavy atom. The maximum atomic E-state index is 5.78. The molecule has 0 radical (unpaired) electrons. The van der Waals surface area contributed by atoms with Gasteiger partial charge in [-0.1, -0.05) is 0 Å². The molecule has 6 heterocycles. The number of hydrogen-bond donors (Lipinski definition) is 2. The molecule has 8 heteroatoms. The molecule has 8 nitrogen and oxygen atoms in total. The van der Waals surface area contributed by atoms with Gasteiger partial charge in [0.1, 0.15) is 11.6 Å². The largest absolute Gasteiger partial charge is 0.492 e. The standard InChI is InChI=1S/C22H25N7O/c1-2-30-16-11-17(20-18-13-25-26-21(18)27-29(20)14-16)15-3-4-19(23-12-15)28-9-6-22(7-10-28)5-8-24-22/h3-4,11-14,24H,2,5-10H2,1H3,(H,26,27). The van der Waals surface area contributed by atoms with Crippen molar-refractivity contribution >= 4 is 22.4 Å². The van der Waals surface area contributed by atoms with Crippen LogP contribution in [0.2, 0.25) is 0 Å². The Hall–Kier alpha value is -3.13. The summed E-state index contributed by atoms with van der Waals surface area (Å²) in [5, 5.41) is 16.3. The fraction of sp³-hybridized carbons (Fsp3) is 0.409. The Labute approximate surface area is 174 Å². The molecule has 0 aromatic carbocycles. The number of aromatic nitrogens is 5. The summed E-state index contributed by atoms with van der Waals surface area (Å²) in [7, 11) is 0. The molecular weight excluding hydrogens is 378 g/mol. The molecular formula is C22H25N7O. The molecule has 4 aromatic heterocycles. The van der Waals surface area contributed by atoms with Crippen molar-refractivity contribution in [2.75, 3.05) is 31.1 Å². The SMILES string of the molecule is CCOc1cc(-c2ccc(N3CCC4(CCN4)CC3)nc2)c2c3cn[nH]c3nn2c1. The molecule has 0 bridgehead atoms. The van der Waals surface area contributed by atoms with Gasteiger partial charge < -0.3 is 15.0 Å². The highest BCUT2D eigenvalue weighted by molar-refractivity contribution is 6.00. The van der Waals surface area contributed by atoms with E-state index in [0.717, 1.165) is 52.3 Å². The van der Waals surface area contributed by atoms with Gasteiger partial charge in [0.05, 0.1) is 29.9 Å². The minimum absolute atomic E-state index is 0.403. The fourth-order valence-corrected chi connectivity index (χ4v) is 4.81. The van der Waals surface area contributed by atoms with Crippen LogP contribution in [0.5, 0.6) is 5.75 Å². The molecule has 6 rings (SSSR count). The summed E-state index contributed by atoms with van der Waals surface area (Å²) in [6, 6.07) is 6.35. The number of anilines is 1. The van der Waals surface area contributed by atoms with E-state index in [2.05, 4.69) is 43.7 Å². The lowest BCUT2D eigenvalue weighted by Gasteiger charge is -2.49. The van der Waals surface area contributed by atoms with E-state index in [4.69, 9.17) is 9.72 Å². The zero-order valence-electron chi connectivity index (χ0n) is 17.1. The highest BCUT2D eigenvalue weighted by Gasteiger charge is 2.39. The first kappa shape index (κ1) is 17.7. The molecule has 154 valence electrons. The minimum atomic E-state index is 0.403. The molecule has 0 atom stereocenters. The number of piperidine rings is 1. The zero-order chi connectivity index (χ0) is 20.1. The van der Waals surface area contributed by atoms with Gasteiger partial charge in [0.2, 0.25) is 0 Å². The minimum Gasteiger partial charge on any atom is -0.492 e. The fourth-order valence-electron chi connectivity index (χ4n) is 4.81. The van der Waals surface area contributed by atoms with Crippen molar-refractivity contribution < 1.29 is 4.74 Å². The number of hydrogen-bond acceptors (Lipinski definition) is 6. The van der Waals surface area contributed by atoms with Crippen molar-refractivity contribution in [2.45, 2.75) is 31.7 Å². The maximum absolute atomic E-state index is 5.78. The van der Waals surface area contributed by atoms with Crippen molar-refractivity contribution in [3.63, 3.8) is 0 Å². The normalized spacial score (nSPS) is 18.2. The van der Waals surface area contributed by atoms with E-state index < -0.39 is 0 Å². The molecule has 1 spiro atoms. The molecule has 0 amide bonds. The van der Waals surface area contributed by atoms with Gasteiger partial charge >= 0.3 is 0 Å². The predicted molar refractivity (Wildman–Crippen MR) is 116 cm³/mol. The summed E-state index contributed by atoms with van der Waals surface area (Å²) in [6.45, 7) is 5.87. The van der Waals surface area contributed by atoms with Crippen molar-refractivity contribution in [3.8, 4) is 16.9 Å². The van der Waals surface area contributed by atoms with Crippen molar-refractivity contribution in [1.29, 1.82) is 0 Å². The number of fused-ring (bicyclic) bond motifs is 3. The Kier molecular flexibility index (Phi) is 3.95. The Morgan fingerprint density at radius 2 is 2.03 bits per heavy atom. The van der Waals surface area contributed by atoms with Gasteiger partial charge in [-0.3, -0.25) is 5.10 Å². The molecule has 30 heavy (non-hydrogen) atoms. The van der Waals surface area contributed by atoms with E-state index in [1.807, 2.05) is 30.0 Å². The molecule has 0 unspecified atom stereocenters. The smallest absolute Gasteiger partial charge is 0.178 e. The summed E-state index contributed by atoms with van der Waals surface area (Å²) in [4.78, 5) is 7.21. The third-order valence-corrected chi connectivity index (χ3v) is 6.62. The molecule has 2 saturated heterocycles. The lowest BCUT2D eigenvalue weighted by atomic mass is 9.79. The van der Waals surface area contributed by atoms with E-state index in [0.29, 0.717) is 12.1 Å². The summed E-state index contributed by atoms with van der Waals surface area (Å²) in [5.74, 6) is 1.84.